The molecule has 0 aromatic carbocycles. The van der Waals surface area contributed by atoms with Crippen LogP contribution in [0.5, 0.6) is 0 Å². The minimum atomic E-state index is 0.204. The number of aryl methyl sites for hydroxylation is 1. The standard InChI is InChI=1S/C12H21N3OS/c1-4-15-5-6-16-11(7-13-3)12(15)10-8-17-9(2)14-10/h8,11-13H,4-7H2,1-3H3. The first kappa shape index (κ1) is 13.0. The molecule has 17 heavy (non-hydrogen) atoms. The van der Waals surface area contributed by atoms with Gasteiger partial charge in [-0.25, -0.2) is 4.98 Å². The zero-order chi connectivity index (χ0) is 12.3. The summed E-state index contributed by atoms with van der Waals surface area (Å²) in [7, 11) is 1.97. The van der Waals surface area contributed by atoms with E-state index in [0.717, 1.165) is 36.9 Å². The second-order valence-electron chi connectivity index (χ2n) is 4.33. The van der Waals surface area contributed by atoms with Gasteiger partial charge in [-0.3, -0.25) is 4.90 Å². The Labute approximate surface area is 107 Å². The number of hydrogen-bond donors (Lipinski definition) is 1. The molecule has 0 bridgehead atoms. The van der Waals surface area contributed by atoms with Crippen molar-refractivity contribution in [2.75, 3.05) is 33.3 Å². The van der Waals surface area contributed by atoms with Crippen LogP contribution >= 0.6 is 11.3 Å². The fraction of sp³-hybridized carbons (Fsp3) is 0.750. The summed E-state index contributed by atoms with van der Waals surface area (Å²) < 4.78 is 5.89. The van der Waals surface area contributed by atoms with E-state index >= 15 is 0 Å². The number of hydrogen-bond acceptors (Lipinski definition) is 5. The lowest BCUT2D eigenvalue weighted by molar-refractivity contribution is -0.0698. The number of nitrogens with one attached hydrogen (secondary N) is 1. The van der Waals surface area contributed by atoms with Crippen molar-refractivity contribution in [3.63, 3.8) is 0 Å². The van der Waals surface area contributed by atoms with Gasteiger partial charge in [-0.15, -0.1) is 11.3 Å². The molecule has 0 amide bonds. The van der Waals surface area contributed by atoms with Gasteiger partial charge in [0.15, 0.2) is 0 Å². The molecule has 2 atom stereocenters. The maximum Gasteiger partial charge on any atom is 0.0912 e. The third-order valence-electron chi connectivity index (χ3n) is 3.21. The predicted molar refractivity (Wildman–Crippen MR) is 70.5 cm³/mol. The van der Waals surface area contributed by atoms with E-state index in [2.05, 4.69) is 34.4 Å². The van der Waals surface area contributed by atoms with Gasteiger partial charge in [0.05, 0.1) is 29.5 Å². The van der Waals surface area contributed by atoms with E-state index in [9.17, 15) is 0 Å². The zero-order valence-corrected chi connectivity index (χ0v) is 11.6. The quantitative estimate of drug-likeness (QED) is 0.883. The first-order chi connectivity index (χ1) is 8.26. The molecular weight excluding hydrogens is 234 g/mol. The van der Waals surface area contributed by atoms with Crippen molar-refractivity contribution in [3.8, 4) is 0 Å². The van der Waals surface area contributed by atoms with E-state index in [0.29, 0.717) is 6.04 Å². The second kappa shape index (κ2) is 5.91. The molecule has 1 N–H and O–H groups in total. The number of rotatable bonds is 4. The Kier molecular flexibility index (Phi) is 4.50. The molecule has 0 spiro atoms. The largest absolute Gasteiger partial charge is 0.374 e. The van der Waals surface area contributed by atoms with Gasteiger partial charge in [0.25, 0.3) is 0 Å². The molecule has 0 saturated carbocycles. The Morgan fingerprint density at radius 3 is 3.06 bits per heavy atom. The zero-order valence-electron chi connectivity index (χ0n) is 10.8. The number of aromatic nitrogens is 1. The topological polar surface area (TPSA) is 37.4 Å². The summed E-state index contributed by atoms with van der Waals surface area (Å²) in [5.74, 6) is 0. The highest BCUT2D eigenvalue weighted by Crippen LogP contribution is 2.29. The summed E-state index contributed by atoms with van der Waals surface area (Å²) >= 11 is 1.72. The third-order valence-corrected chi connectivity index (χ3v) is 4.00. The van der Waals surface area contributed by atoms with Gasteiger partial charge >= 0.3 is 0 Å². The molecular formula is C12H21N3OS. The van der Waals surface area contributed by atoms with Crippen LogP contribution in [0.3, 0.4) is 0 Å². The van der Waals surface area contributed by atoms with Gasteiger partial charge in [-0.05, 0) is 20.5 Å². The highest BCUT2D eigenvalue weighted by molar-refractivity contribution is 7.09. The van der Waals surface area contributed by atoms with Crippen molar-refractivity contribution in [3.05, 3.63) is 16.1 Å². The Bertz CT molecular complexity index is 353. The lowest BCUT2D eigenvalue weighted by Gasteiger charge is -2.39. The Hall–Kier alpha value is -0.490. The van der Waals surface area contributed by atoms with E-state index in [-0.39, 0.29) is 6.10 Å². The van der Waals surface area contributed by atoms with Crippen LogP contribution in [0.4, 0.5) is 0 Å². The molecule has 1 fully saturated rings. The average molecular weight is 255 g/mol. The Morgan fingerprint density at radius 1 is 1.65 bits per heavy atom. The summed E-state index contributed by atoms with van der Waals surface area (Å²) in [4.78, 5) is 7.09. The van der Waals surface area contributed by atoms with E-state index in [1.807, 2.05) is 7.05 Å². The minimum absolute atomic E-state index is 0.204. The molecule has 0 aliphatic carbocycles. The van der Waals surface area contributed by atoms with Gasteiger partial charge in [-0.2, -0.15) is 0 Å². The van der Waals surface area contributed by atoms with Gasteiger partial charge in [0.1, 0.15) is 0 Å². The van der Waals surface area contributed by atoms with Crippen LogP contribution in [0.25, 0.3) is 0 Å². The lowest BCUT2D eigenvalue weighted by atomic mass is 10.0. The second-order valence-corrected chi connectivity index (χ2v) is 5.39. The first-order valence-electron chi connectivity index (χ1n) is 6.18. The van der Waals surface area contributed by atoms with E-state index in [1.54, 1.807) is 11.3 Å². The average Bonchev–Trinajstić information content (AvgIpc) is 2.75. The van der Waals surface area contributed by atoms with Gasteiger partial charge < -0.3 is 10.1 Å². The van der Waals surface area contributed by atoms with Gasteiger partial charge in [0, 0.05) is 18.5 Å². The van der Waals surface area contributed by atoms with Crippen LogP contribution in [-0.4, -0.2) is 49.3 Å². The van der Waals surface area contributed by atoms with Crippen molar-refractivity contribution in [2.45, 2.75) is 26.0 Å². The van der Waals surface area contributed by atoms with E-state index in [4.69, 9.17) is 4.74 Å². The monoisotopic (exact) mass is 255 g/mol. The van der Waals surface area contributed by atoms with Crippen LogP contribution in [0.15, 0.2) is 5.38 Å². The number of ether oxygens (including phenoxy) is 1. The molecule has 2 heterocycles. The Morgan fingerprint density at radius 2 is 2.47 bits per heavy atom. The fourth-order valence-corrected chi connectivity index (χ4v) is 3.05. The van der Waals surface area contributed by atoms with Gasteiger partial charge in [0.2, 0.25) is 0 Å². The smallest absolute Gasteiger partial charge is 0.0912 e. The van der Waals surface area contributed by atoms with Crippen LogP contribution in [-0.2, 0) is 4.74 Å². The first-order valence-corrected chi connectivity index (χ1v) is 7.06. The lowest BCUT2D eigenvalue weighted by Crippen LogP contribution is -2.48. The van der Waals surface area contributed by atoms with Crippen molar-refractivity contribution in [1.29, 1.82) is 0 Å². The fourth-order valence-electron chi connectivity index (χ4n) is 2.41. The molecule has 1 aliphatic heterocycles. The molecule has 1 saturated heterocycles. The summed E-state index contributed by atoms with van der Waals surface area (Å²) in [5.41, 5.74) is 1.16. The molecule has 2 unspecified atom stereocenters. The summed E-state index contributed by atoms with van der Waals surface area (Å²) in [6, 6.07) is 0.297. The van der Waals surface area contributed by atoms with Crippen molar-refractivity contribution >= 4 is 11.3 Å². The molecule has 1 aliphatic rings. The molecule has 0 radical (unpaired) electrons. The number of nitrogens with zero attached hydrogens (tertiary/aromatic N) is 2. The van der Waals surface area contributed by atoms with Crippen LogP contribution in [0.1, 0.15) is 23.7 Å². The summed E-state index contributed by atoms with van der Waals surface area (Å²) in [6.07, 6.45) is 0.204. The predicted octanol–water partition coefficient (Wildman–Crippen LogP) is 1.43. The number of thiazole rings is 1. The molecule has 1 aromatic heterocycles. The van der Waals surface area contributed by atoms with E-state index in [1.165, 1.54) is 0 Å². The van der Waals surface area contributed by atoms with Crippen molar-refractivity contribution < 1.29 is 4.74 Å². The molecule has 5 heteroatoms. The highest BCUT2D eigenvalue weighted by Gasteiger charge is 2.33. The molecule has 96 valence electrons. The van der Waals surface area contributed by atoms with Crippen LogP contribution < -0.4 is 5.32 Å². The van der Waals surface area contributed by atoms with Crippen LogP contribution in [0.2, 0.25) is 0 Å². The highest BCUT2D eigenvalue weighted by atomic mass is 32.1. The molecule has 4 nitrogen and oxygen atoms in total. The maximum atomic E-state index is 5.89. The Balaban J connectivity index is 2.21. The minimum Gasteiger partial charge on any atom is -0.374 e. The SMILES string of the molecule is CCN1CCOC(CNC)C1c1csc(C)n1. The summed E-state index contributed by atoms with van der Waals surface area (Å²) in [6.45, 7) is 8.00. The van der Waals surface area contributed by atoms with Crippen LogP contribution in [0, 0.1) is 6.92 Å². The number of morpholine rings is 1. The normalized spacial score (nSPS) is 26.3. The molecule has 2 rings (SSSR count). The molecule has 1 aromatic rings. The summed E-state index contributed by atoms with van der Waals surface area (Å²) in [5, 5.41) is 6.51. The maximum absolute atomic E-state index is 5.89. The van der Waals surface area contributed by atoms with E-state index < -0.39 is 0 Å². The van der Waals surface area contributed by atoms with Gasteiger partial charge in [-0.1, -0.05) is 6.92 Å². The number of likely N-dealkylation sites (N-methyl/N-ethyl adjacent to an activating group) is 2. The van der Waals surface area contributed by atoms with Crippen molar-refractivity contribution in [1.82, 2.24) is 15.2 Å². The third kappa shape index (κ3) is 2.85. The van der Waals surface area contributed by atoms with Crippen molar-refractivity contribution in [2.24, 2.45) is 0 Å².